The number of hydrogen-bond donors (Lipinski definition) is 1. The van der Waals surface area contributed by atoms with Crippen molar-refractivity contribution in [2.24, 2.45) is 17.8 Å². The molecule has 0 aromatic heterocycles. The molecule has 0 atom stereocenters. The second kappa shape index (κ2) is 16.1. The Bertz CT molecular complexity index is 267. The van der Waals surface area contributed by atoms with Crippen LogP contribution >= 0.6 is 0 Å². The smallest absolute Gasteiger partial charge is 0.0107 e. The van der Waals surface area contributed by atoms with E-state index in [0.29, 0.717) is 6.04 Å². The Morgan fingerprint density at radius 2 is 1.52 bits per heavy atom. The largest absolute Gasteiger partial charge is 0.313 e. The van der Waals surface area contributed by atoms with Crippen LogP contribution in [-0.2, 0) is 0 Å². The molecule has 152 valence electrons. The predicted molar refractivity (Wildman–Crippen MR) is 115 cm³/mol. The summed E-state index contributed by atoms with van der Waals surface area (Å²) >= 11 is 0. The molecule has 0 saturated heterocycles. The first-order valence-corrected chi connectivity index (χ1v) is 11.3. The lowest BCUT2D eigenvalue weighted by Crippen LogP contribution is -2.35. The molecule has 1 aliphatic carbocycles. The van der Waals surface area contributed by atoms with E-state index in [4.69, 9.17) is 0 Å². The highest BCUT2D eigenvalue weighted by Gasteiger charge is 2.18. The van der Waals surface area contributed by atoms with E-state index < -0.39 is 0 Å². The Kier molecular flexibility index (Phi) is 16.1. The summed E-state index contributed by atoms with van der Waals surface area (Å²) < 4.78 is 0. The fourth-order valence-corrected chi connectivity index (χ4v) is 3.78. The molecule has 25 heavy (non-hydrogen) atoms. The van der Waals surface area contributed by atoms with E-state index in [1.54, 1.807) is 0 Å². The van der Waals surface area contributed by atoms with Crippen LogP contribution in [0.1, 0.15) is 99.8 Å². The lowest BCUT2D eigenvalue weighted by Gasteiger charge is -2.27. The number of nitrogens with one attached hydrogen (secondary N) is 1. The van der Waals surface area contributed by atoms with Crippen LogP contribution < -0.4 is 5.32 Å². The summed E-state index contributed by atoms with van der Waals surface area (Å²) in [5, 5.41) is 3.47. The van der Waals surface area contributed by atoms with Crippen molar-refractivity contribution in [3.63, 3.8) is 0 Å². The maximum Gasteiger partial charge on any atom is 0.0107 e. The Hall–Kier alpha value is -0.0800. The van der Waals surface area contributed by atoms with Gasteiger partial charge in [0, 0.05) is 19.1 Å². The third kappa shape index (κ3) is 15.9. The van der Waals surface area contributed by atoms with Crippen molar-refractivity contribution >= 4 is 0 Å². The number of unbranched alkanes of at least 4 members (excludes halogenated alkanes) is 1. The first kappa shape index (κ1) is 24.9. The first-order chi connectivity index (χ1) is 11.9. The normalized spacial score (nSPS) is 20.9. The molecule has 0 bridgehead atoms. The van der Waals surface area contributed by atoms with Crippen LogP contribution in [0, 0.1) is 17.8 Å². The molecule has 0 heterocycles. The van der Waals surface area contributed by atoms with Gasteiger partial charge in [0.15, 0.2) is 0 Å². The summed E-state index contributed by atoms with van der Waals surface area (Å²) in [6, 6.07) is 0.615. The minimum atomic E-state index is 0.615. The standard InChI is InChI=1S/C12H28N2.C11H22/c1-5-7-10-14(9-6-2)11-8-13-12(3)4;1-9(2)8-11-6-4-10(3)5-7-11/h12-13H,5-11H2,1-4H3;9-11H,4-8H2,1-3H3. The third-order valence-corrected chi connectivity index (χ3v) is 5.29. The number of nitrogens with zero attached hydrogens (tertiary/aromatic N) is 1. The van der Waals surface area contributed by atoms with Gasteiger partial charge in [0.1, 0.15) is 0 Å². The van der Waals surface area contributed by atoms with Crippen LogP contribution in [0.15, 0.2) is 0 Å². The van der Waals surface area contributed by atoms with Crippen LogP contribution in [0.2, 0.25) is 0 Å². The second-order valence-electron chi connectivity index (χ2n) is 9.06. The van der Waals surface area contributed by atoms with Crippen LogP contribution in [0.25, 0.3) is 0 Å². The van der Waals surface area contributed by atoms with Gasteiger partial charge in [-0.3, -0.25) is 0 Å². The Morgan fingerprint density at radius 1 is 0.880 bits per heavy atom. The fraction of sp³-hybridized carbons (Fsp3) is 1.00. The molecule has 0 amide bonds. The quantitative estimate of drug-likeness (QED) is 0.464. The van der Waals surface area contributed by atoms with Gasteiger partial charge in [-0.05, 0) is 50.1 Å². The third-order valence-electron chi connectivity index (χ3n) is 5.29. The lowest BCUT2D eigenvalue weighted by atomic mass is 9.79. The molecule has 0 radical (unpaired) electrons. The topological polar surface area (TPSA) is 15.3 Å². The lowest BCUT2D eigenvalue weighted by molar-refractivity contribution is 0.256. The van der Waals surface area contributed by atoms with Crippen LogP contribution in [-0.4, -0.2) is 37.1 Å². The minimum Gasteiger partial charge on any atom is -0.313 e. The molecule has 0 aromatic rings. The average molecular weight is 355 g/mol. The highest BCUT2D eigenvalue weighted by atomic mass is 15.1. The van der Waals surface area contributed by atoms with Gasteiger partial charge >= 0.3 is 0 Å². The summed E-state index contributed by atoms with van der Waals surface area (Å²) in [4.78, 5) is 2.57. The monoisotopic (exact) mass is 354 g/mol. The Morgan fingerprint density at radius 3 is 2.00 bits per heavy atom. The summed E-state index contributed by atoms with van der Waals surface area (Å²) in [7, 11) is 0. The zero-order chi connectivity index (χ0) is 19.1. The van der Waals surface area contributed by atoms with Crippen LogP contribution in [0.5, 0.6) is 0 Å². The fourth-order valence-electron chi connectivity index (χ4n) is 3.78. The van der Waals surface area contributed by atoms with E-state index in [9.17, 15) is 0 Å². The van der Waals surface area contributed by atoms with E-state index in [0.717, 1.165) is 24.3 Å². The van der Waals surface area contributed by atoms with Gasteiger partial charge in [0.05, 0.1) is 0 Å². The number of hydrogen-bond acceptors (Lipinski definition) is 2. The predicted octanol–water partition coefficient (Wildman–Crippen LogP) is 6.36. The Labute approximate surface area is 160 Å². The van der Waals surface area contributed by atoms with Gasteiger partial charge in [-0.25, -0.2) is 0 Å². The molecular weight excluding hydrogens is 304 g/mol. The minimum absolute atomic E-state index is 0.615. The van der Waals surface area contributed by atoms with Crippen molar-refractivity contribution in [2.45, 2.75) is 106 Å². The van der Waals surface area contributed by atoms with Gasteiger partial charge in [0.25, 0.3) is 0 Å². The van der Waals surface area contributed by atoms with E-state index in [2.05, 4.69) is 58.7 Å². The van der Waals surface area contributed by atoms with Gasteiger partial charge in [-0.2, -0.15) is 0 Å². The maximum absolute atomic E-state index is 3.47. The van der Waals surface area contributed by atoms with Gasteiger partial charge in [0.2, 0.25) is 0 Å². The van der Waals surface area contributed by atoms with Crippen molar-refractivity contribution in [3.05, 3.63) is 0 Å². The van der Waals surface area contributed by atoms with Gasteiger partial charge in [-0.15, -0.1) is 0 Å². The second-order valence-corrected chi connectivity index (χ2v) is 9.06. The van der Waals surface area contributed by atoms with E-state index >= 15 is 0 Å². The average Bonchev–Trinajstić information content (AvgIpc) is 2.54. The molecule has 1 fully saturated rings. The molecule has 1 N–H and O–H groups in total. The molecule has 2 heteroatoms. The summed E-state index contributed by atoms with van der Waals surface area (Å²) in [6.45, 7) is 20.9. The van der Waals surface area contributed by atoms with Crippen molar-refractivity contribution in [2.75, 3.05) is 26.2 Å². The molecule has 1 aliphatic rings. The molecule has 1 saturated carbocycles. The highest BCUT2D eigenvalue weighted by Crippen LogP contribution is 2.31. The maximum atomic E-state index is 3.47. The molecule has 2 nitrogen and oxygen atoms in total. The molecule has 0 spiro atoms. The van der Waals surface area contributed by atoms with Crippen LogP contribution in [0.4, 0.5) is 0 Å². The summed E-state index contributed by atoms with van der Waals surface area (Å²) in [5.41, 5.74) is 0. The summed E-state index contributed by atoms with van der Waals surface area (Å²) in [5.74, 6) is 2.98. The Balaban J connectivity index is 0.000000472. The zero-order valence-corrected chi connectivity index (χ0v) is 18.7. The van der Waals surface area contributed by atoms with Crippen LogP contribution in [0.3, 0.4) is 0 Å². The van der Waals surface area contributed by atoms with Gasteiger partial charge < -0.3 is 10.2 Å². The SMILES string of the molecule is CC(C)CC1CCC(C)CC1.CCCCN(CCC)CCNC(C)C. The molecule has 0 unspecified atom stereocenters. The van der Waals surface area contributed by atoms with E-state index in [1.165, 1.54) is 71.0 Å². The first-order valence-electron chi connectivity index (χ1n) is 11.3. The van der Waals surface area contributed by atoms with Crippen molar-refractivity contribution < 1.29 is 0 Å². The zero-order valence-electron chi connectivity index (χ0n) is 18.7. The van der Waals surface area contributed by atoms with E-state index in [1.807, 2.05) is 0 Å². The molecule has 0 aromatic carbocycles. The molecular formula is C23H50N2. The molecule has 0 aliphatic heterocycles. The number of rotatable bonds is 11. The van der Waals surface area contributed by atoms with Crippen molar-refractivity contribution in [1.82, 2.24) is 10.2 Å². The molecule has 1 rings (SSSR count). The highest BCUT2D eigenvalue weighted by molar-refractivity contribution is 4.70. The van der Waals surface area contributed by atoms with E-state index in [-0.39, 0.29) is 0 Å². The van der Waals surface area contributed by atoms with Crippen molar-refractivity contribution in [3.8, 4) is 0 Å². The van der Waals surface area contributed by atoms with Gasteiger partial charge in [-0.1, -0.05) is 80.6 Å². The van der Waals surface area contributed by atoms with Crippen molar-refractivity contribution in [1.29, 1.82) is 0 Å². The summed E-state index contributed by atoms with van der Waals surface area (Å²) in [6.07, 6.45) is 11.3.